The summed E-state index contributed by atoms with van der Waals surface area (Å²) in [5.74, 6) is 0. The highest BCUT2D eigenvalue weighted by Crippen LogP contribution is 2.25. The van der Waals surface area contributed by atoms with Crippen LogP contribution in [0.1, 0.15) is 62.8 Å². The van der Waals surface area contributed by atoms with Crippen LogP contribution in [0.2, 0.25) is 0 Å². The Kier molecular flexibility index (Phi) is 4.53. The summed E-state index contributed by atoms with van der Waals surface area (Å²) in [6, 6.07) is 0. The molecule has 0 bridgehead atoms. The third-order valence-corrected chi connectivity index (χ3v) is 5.27. The molecule has 2 aromatic rings. The van der Waals surface area contributed by atoms with Crippen molar-refractivity contribution in [2.24, 2.45) is 0 Å². The molecule has 2 aromatic heterocycles. The third kappa shape index (κ3) is 3.19. The molecule has 5 heteroatoms. The minimum absolute atomic E-state index is 0.934. The predicted octanol–water partition coefficient (Wildman–Crippen LogP) is 4.77. The molecule has 19 heavy (non-hydrogen) atoms. The van der Waals surface area contributed by atoms with Gasteiger partial charge in [0.25, 0.3) is 0 Å². The summed E-state index contributed by atoms with van der Waals surface area (Å²) in [6.45, 7) is 0. The second kappa shape index (κ2) is 6.35. The van der Waals surface area contributed by atoms with Gasteiger partial charge >= 0.3 is 0 Å². The first-order valence-corrected chi connectivity index (χ1v) is 8.98. The number of imidazole rings is 1. The fraction of sp³-hybridized carbons (Fsp3) is 0.714. The summed E-state index contributed by atoms with van der Waals surface area (Å²) >= 11 is 5.10. The lowest BCUT2D eigenvalue weighted by Gasteiger charge is -2.07. The minimum Gasteiger partial charge on any atom is -0.222 e. The molecular weight excluding hydrogens is 322 g/mol. The molecule has 3 nitrogen and oxygen atoms in total. The lowest BCUT2D eigenvalue weighted by atomic mass is 10.0. The molecular formula is C14H20BrN3S. The quantitative estimate of drug-likeness (QED) is 0.690. The lowest BCUT2D eigenvalue weighted by Crippen LogP contribution is -2.00. The van der Waals surface area contributed by atoms with Crippen LogP contribution < -0.4 is 0 Å². The Morgan fingerprint density at radius 1 is 0.895 bits per heavy atom. The van der Waals surface area contributed by atoms with Crippen molar-refractivity contribution in [2.45, 2.75) is 64.2 Å². The third-order valence-electron chi connectivity index (χ3n) is 3.93. The smallest absolute Gasteiger partial charge is 0.213 e. The highest BCUT2D eigenvalue weighted by atomic mass is 79.9. The Balaban J connectivity index is 1.86. The molecule has 0 saturated carbocycles. The van der Waals surface area contributed by atoms with Gasteiger partial charge in [0.15, 0.2) is 3.92 Å². The molecule has 0 atom stereocenters. The molecule has 0 aromatic carbocycles. The van der Waals surface area contributed by atoms with Gasteiger partial charge in [-0.05, 0) is 41.6 Å². The van der Waals surface area contributed by atoms with Crippen LogP contribution in [-0.2, 0) is 12.8 Å². The molecule has 1 aliphatic carbocycles. The van der Waals surface area contributed by atoms with Crippen LogP contribution in [0.4, 0.5) is 0 Å². The molecule has 0 fully saturated rings. The second-order valence-electron chi connectivity index (χ2n) is 5.38. The van der Waals surface area contributed by atoms with Gasteiger partial charge < -0.3 is 0 Å². The number of rotatable bonds is 0. The molecule has 3 rings (SSSR count). The van der Waals surface area contributed by atoms with E-state index in [0.717, 1.165) is 21.7 Å². The molecule has 0 N–H and O–H groups in total. The predicted molar refractivity (Wildman–Crippen MR) is 82.9 cm³/mol. The van der Waals surface area contributed by atoms with Gasteiger partial charge in [-0.25, -0.2) is 9.50 Å². The van der Waals surface area contributed by atoms with Crippen molar-refractivity contribution in [2.75, 3.05) is 0 Å². The van der Waals surface area contributed by atoms with Crippen LogP contribution >= 0.6 is 27.3 Å². The average Bonchev–Trinajstić information content (AvgIpc) is 2.86. The zero-order chi connectivity index (χ0) is 13.1. The topological polar surface area (TPSA) is 30.2 Å². The van der Waals surface area contributed by atoms with Crippen LogP contribution in [0.3, 0.4) is 0 Å². The van der Waals surface area contributed by atoms with E-state index in [1.807, 2.05) is 0 Å². The number of halogens is 1. The maximum absolute atomic E-state index is 4.79. The van der Waals surface area contributed by atoms with Crippen molar-refractivity contribution in [3.8, 4) is 0 Å². The summed E-state index contributed by atoms with van der Waals surface area (Å²) in [5.41, 5.74) is 2.66. The average molecular weight is 342 g/mol. The van der Waals surface area contributed by atoms with Crippen LogP contribution in [0.15, 0.2) is 3.92 Å². The molecule has 0 unspecified atom stereocenters. The van der Waals surface area contributed by atoms with Crippen molar-refractivity contribution in [1.82, 2.24) is 14.6 Å². The molecule has 0 spiro atoms. The van der Waals surface area contributed by atoms with Crippen LogP contribution in [0.5, 0.6) is 0 Å². The molecule has 0 radical (unpaired) electrons. The summed E-state index contributed by atoms with van der Waals surface area (Å²) in [4.78, 5) is 5.84. The zero-order valence-electron chi connectivity index (χ0n) is 11.2. The first-order valence-electron chi connectivity index (χ1n) is 7.37. The number of hydrogen-bond donors (Lipinski definition) is 0. The fourth-order valence-electron chi connectivity index (χ4n) is 2.90. The maximum Gasteiger partial charge on any atom is 0.213 e. The zero-order valence-corrected chi connectivity index (χ0v) is 13.6. The summed E-state index contributed by atoms with van der Waals surface area (Å²) < 4.78 is 3.00. The van der Waals surface area contributed by atoms with E-state index in [1.165, 1.54) is 62.8 Å². The van der Waals surface area contributed by atoms with Crippen molar-refractivity contribution >= 4 is 32.2 Å². The van der Waals surface area contributed by atoms with Crippen molar-refractivity contribution in [3.63, 3.8) is 0 Å². The monoisotopic (exact) mass is 341 g/mol. The molecule has 0 amide bonds. The number of hydrogen-bond acceptors (Lipinski definition) is 3. The van der Waals surface area contributed by atoms with E-state index in [1.54, 1.807) is 11.3 Å². The van der Waals surface area contributed by atoms with Crippen molar-refractivity contribution in [1.29, 1.82) is 0 Å². The summed E-state index contributed by atoms with van der Waals surface area (Å²) in [7, 11) is 0. The molecule has 2 heterocycles. The Bertz CT molecular complexity index is 546. The number of fused-ring (bicyclic) bond motifs is 3. The highest BCUT2D eigenvalue weighted by Gasteiger charge is 2.15. The van der Waals surface area contributed by atoms with E-state index >= 15 is 0 Å². The second-order valence-corrected chi connectivity index (χ2v) is 7.62. The number of nitrogens with zero attached hydrogens (tertiary/aromatic N) is 3. The van der Waals surface area contributed by atoms with E-state index in [2.05, 4.69) is 25.5 Å². The highest BCUT2D eigenvalue weighted by molar-refractivity contribution is 9.11. The first-order chi connectivity index (χ1) is 9.34. The van der Waals surface area contributed by atoms with Gasteiger partial charge in [0.1, 0.15) is 0 Å². The largest absolute Gasteiger partial charge is 0.222 e. The van der Waals surface area contributed by atoms with Crippen LogP contribution in [-0.4, -0.2) is 14.6 Å². The summed E-state index contributed by atoms with van der Waals surface area (Å²) in [5, 5.41) is 4.54. The van der Waals surface area contributed by atoms with Crippen LogP contribution in [0, 0.1) is 0 Å². The molecule has 1 aliphatic rings. The van der Waals surface area contributed by atoms with E-state index in [-0.39, 0.29) is 0 Å². The standard InChI is InChI=1S/C14H20BrN3S/c15-13-17-18-12-10-8-6-4-2-1-3-5-7-9-11(12)16-14(18)19-13/h1-10H2. The Morgan fingerprint density at radius 2 is 1.53 bits per heavy atom. The van der Waals surface area contributed by atoms with Gasteiger partial charge in [-0.2, -0.15) is 0 Å². The van der Waals surface area contributed by atoms with Crippen molar-refractivity contribution in [3.05, 3.63) is 15.3 Å². The molecule has 0 saturated heterocycles. The summed E-state index contributed by atoms with van der Waals surface area (Å²) in [6.07, 6.45) is 13.1. The lowest BCUT2D eigenvalue weighted by molar-refractivity contribution is 0.554. The van der Waals surface area contributed by atoms with Gasteiger partial charge in [-0.1, -0.05) is 49.9 Å². The number of aromatic nitrogens is 3. The van der Waals surface area contributed by atoms with Gasteiger partial charge in [0.05, 0.1) is 11.4 Å². The van der Waals surface area contributed by atoms with E-state index in [4.69, 9.17) is 4.98 Å². The number of aryl methyl sites for hydroxylation is 2. The SMILES string of the molecule is Brc1nn2c3c(nc2s1)CCCCCCCCCC3. The van der Waals surface area contributed by atoms with E-state index < -0.39 is 0 Å². The van der Waals surface area contributed by atoms with Gasteiger partial charge in [0, 0.05) is 0 Å². The van der Waals surface area contributed by atoms with Gasteiger partial charge in [0.2, 0.25) is 4.96 Å². The van der Waals surface area contributed by atoms with Gasteiger partial charge in [-0.3, -0.25) is 0 Å². The Morgan fingerprint density at radius 3 is 2.26 bits per heavy atom. The van der Waals surface area contributed by atoms with Crippen molar-refractivity contribution < 1.29 is 0 Å². The molecule has 0 aliphatic heterocycles. The maximum atomic E-state index is 4.79. The Hall–Kier alpha value is -0.420. The molecule has 104 valence electrons. The fourth-order valence-corrected chi connectivity index (χ4v) is 4.16. The Labute approximate surface area is 126 Å². The minimum atomic E-state index is 0.934. The van der Waals surface area contributed by atoms with Crippen LogP contribution in [0.25, 0.3) is 4.96 Å². The van der Waals surface area contributed by atoms with E-state index in [9.17, 15) is 0 Å². The van der Waals surface area contributed by atoms with Gasteiger partial charge in [-0.15, -0.1) is 5.10 Å². The normalized spacial score (nSPS) is 18.8. The first kappa shape index (κ1) is 13.6. The van der Waals surface area contributed by atoms with E-state index in [0.29, 0.717) is 0 Å².